The van der Waals surface area contributed by atoms with Gasteiger partial charge in [0, 0.05) is 33.8 Å². The fourth-order valence-electron chi connectivity index (χ4n) is 9.31. The van der Waals surface area contributed by atoms with Crippen molar-refractivity contribution in [2.24, 2.45) is 0 Å². The number of anilines is 3. The molecular formula is C58H44N2. The Morgan fingerprint density at radius 1 is 0.400 bits per heavy atom. The van der Waals surface area contributed by atoms with Gasteiger partial charge in [0.25, 0.3) is 0 Å². The second kappa shape index (κ2) is 15.4. The molecule has 9 aromatic rings. The summed E-state index contributed by atoms with van der Waals surface area (Å²) in [6.07, 6.45) is 16.0. The minimum absolute atomic E-state index is 1.04. The molecule has 0 spiro atoms. The Morgan fingerprint density at radius 3 is 1.75 bits per heavy atom. The number of rotatable bonds is 8. The SMILES string of the molecule is C1=CC(n2c3c(c4c(-c5cccc(N(c6ccc(-c7ccc(-c8ccccc8)cc7)cc6)c6cccc(-c7ccc8ccccc8c7)c6)c5)cccc42)CCC=C3)=CCC1. The summed E-state index contributed by atoms with van der Waals surface area (Å²) in [6, 6.07) is 68.9. The number of aryl methyl sites for hydroxylation is 1. The van der Waals surface area contributed by atoms with Crippen molar-refractivity contribution in [3.63, 3.8) is 0 Å². The van der Waals surface area contributed by atoms with E-state index in [0.717, 1.165) is 42.7 Å². The Hall–Kier alpha value is -7.42. The van der Waals surface area contributed by atoms with Crippen molar-refractivity contribution < 1.29 is 0 Å². The monoisotopic (exact) mass is 768 g/mol. The van der Waals surface area contributed by atoms with Gasteiger partial charge < -0.3 is 9.47 Å². The second-order valence-corrected chi connectivity index (χ2v) is 15.9. The number of benzene rings is 8. The van der Waals surface area contributed by atoms with Gasteiger partial charge in [0.2, 0.25) is 0 Å². The smallest absolute Gasteiger partial charge is 0.0543 e. The van der Waals surface area contributed by atoms with Crippen LogP contribution < -0.4 is 4.90 Å². The molecule has 60 heavy (non-hydrogen) atoms. The zero-order chi connectivity index (χ0) is 39.8. The Kier molecular flexibility index (Phi) is 9.17. The minimum atomic E-state index is 1.04. The van der Waals surface area contributed by atoms with Crippen LogP contribution in [0.4, 0.5) is 17.1 Å². The summed E-state index contributed by atoms with van der Waals surface area (Å²) in [7, 11) is 0. The summed E-state index contributed by atoms with van der Waals surface area (Å²) in [5.41, 5.74) is 18.4. The van der Waals surface area contributed by atoms with E-state index in [1.807, 2.05) is 0 Å². The van der Waals surface area contributed by atoms with Gasteiger partial charge in [-0.3, -0.25) is 0 Å². The summed E-state index contributed by atoms with van der Waals surface area (Å²) in [4.78, 5) is 2.41. The van der Waals surface area contributed by atoms with Crippen LogP contribution in [0.15, 0.2) is 212 Å². The van der Waals surface area contributed by atoms with Gasteiger partial charge >= 0.3 is 0 Å². The Bertz CT molecular complexity index is 3120. The molecule has 0 aliphatic heterocycles. The fraction of sp³-hybridized carbons (Fsp3) is 0.0690. The third kappa shape index (κ3) is 6.57. The number of aromatic nitrogens is 1. The summed E-state index contributed by atoms with van der Waals surface area (Å²) in [5.74, 6) is 0. The van der Waals surface area contributed by atoms with Gasteiger partial charge in [-0.15, -0.1) is 0 Å². The molecule has 0 amide bonds. The molecule has 0 unspecified atom stereocenters. The maximum absolute atomic E-state index is 2.49. The van der Waals surface area contributed by atoms with Crippen molar-refractivity contribution in [2.75, 3.05) is 4.90 Å². The molecule has 0 fully saturated rings. The molecule has 2 aliphatic carbocycles. The summed E-state index contributed by atoms with van der Waals surface area (Å²) < 4.78 is 2.49. The lowest BCUT2D eigenvalue weighted by molar-refractivity contribution is 0.963. The molecule has 286 valence electrons. The van der Waals surface area contributed by atoms with E-state index in [2.05, 4.69) is 228 Å². The van der Waals surface area contributed by atoms with Crippen LogP contribution >= 0.6 is 0 Å². The first-order chi connectivity index (χ1) is 29.7. The van der Waals surface area contributed by atoms with Crippen LogP contribution in [0.25, 0.3) is 78.0 Å². The third-order valence-corrected chi connectivity index (χ3v) is 12.3. The lowest BCUT2D eigenvalue weighted by atomic mass is 9.94. The van der Waals surface area contributed by atoms with Crippen LogP contribution in [0.3, 0.4) is 0 Å². The highest BCUT2D eigenvalue weighted by Crippen LogP contribution is 2.43. The number of fused-ring (bicyclic) bond motifs is 4. The van der Waals surface area contributed by atoms with Crippen molar-refractivity contribution in [1.82, 2.24) is 4.57 Å². The van der Waals surface area contributed by atoms with E-state index in [1.165, 1.54) is 83.1 Å². The van der Waals surface area contributed by atoms with Gasteiger partial charge in [-0.1, -0.05) is 158 Å². The van der Waals surface area contributed by atoms with Gasteiger partial charge in [-0.2, -0.15) is 0 Å². The van der Waals surface area contributed by atoms with E-state index in [9.17, 15) is 0 Å². The summed E-state index contributed by atoms with van der Waals surface area (Å²) in [6.45, 7) is 0. The standard InChI is InChI=1S/C58H44N2/c1-3-14-41(15-4-1)43-28-30-44(31-29-43)45-34-36-51(37-35-45)59(52-22-11-18-47(39-52)48-33-32-42-16-7-8-17-46(42)38-48)53-23-12-19-49(40-53)54-25-13-27-57-58(54)55-24-9-10-26-56(55)60(57)50-20-5-2-6-21-50/h1,3-5,7-8,10-23,25-40H,2,6,9,24H2. The first kappa shape index (κ1) is 35.7. The first-order valence-electron chi connectivity index (χ1n) is 21.2. The number of nitrogens with zero attached hydrogens (tertiary/aromatic N) is 2. The third-order valence-electron chi connectivity index (χ3n) is 12.3. The van der Waals surface area contributed by atoms with Gasteiger partial charge in [0.1, 0.15) is 0 Å². The molecular weight excluding hydrogens is 725 g/mol. The van der Waals surface area contributed by atoms with Crippen molar-refractivity contribution in [2.45, 2.75) is 25.7 Å². The van der Waals surface area contributed by atoms with Gasteiger partial charge in [-0.05, 0) is 147 Å². The quantitative estimate of drug-likeness (QED) is 0.149. The minimum Gasteiger partial charge on any atom is -0.310 e. The molecule has 0 N–H and O–H groups in total. The molecule has 2 nitrogen and oxygen atoms in total. The van der Waals surface area contributed by atoms with Crippen molar-refractivity contribution >= 4 is 50.5 Å². The summed E-state index contributed by atoms with van der Waals surface area (Å²) >= 11 is 0. The molecule has 2 aliphatic rings. The molecule has 2 heteroatoms. The van der Waals surface area contributed by atoms with Crippen LogP contribution in [0.2, 0.25) is 0 Å². The molecule has 0 radical (unpaired) electrons. The van der Waals surface area contributed by atoms with E-state index in [0.29, 0.717) is 0 Å². The van der Waals surface area contributed by atoms with Crippen LogP contribution in [0, 0.1) is 0 Å². The maximum Gasteiger partial charge on any atom is 0.0543 e. The van der Waals surface area contributed by atoms with E-state index in [4.69, 9.17) is 0 Å². The second-order valence-electron chi connectivity index (χ2n) is 15.9. The molecule has 1 aromatic heterocycles. The lowest BCUT2D eigenvalue weighted by Crippen LogP contribution is -2.10. The van der Waals surface area contributed by atoms with Crippen LogP contribution in [0.5, 0.6) is 0 Å². The average Bonchev–Trinajstić information content (AvgIpc) is 3.67. The van der Waals surface area contributed by atoms with Gasteiger partial charge in [-0.25, -0.2) is 0 Å². The number of hydrogen-bond donors (Lipinski definition) is 0. The highest BCUT2D eigenvalue weighted by Gasteiger charge is 2.23. The van der Waals surface area contributed by atoms with Gasteiger partial charge in [0.05, 0.1) is 5.52 Å². The molecule has 0 saturated heterocycles. The number of hydrogen-bond acceptors (Lipinski definition) is 1. The Labute approximate surface area is 352 Å². The van der Waals surface area contributed by atoms with E-state index >= 15 is 0 Å². The fourth-order valence-corrected chi connectivity index (χ4v) is 9.31. The largest absolute Gasteiger partial charge is 0.310 e. The highest BCUT2D eigenvalue weighted by atomic mass is 15.1. The van der Waals surface area contributed by atoms with Crippen molar-refractivity contribution in [1.29, 1.82) is 0 Å². The van der Waals surface area contributed by atoms with Gasteiger partial charge in [0.15, 0.2) is 0 Å². The normalized spacial score (nSPS) is 13.4. The Balaban J connectivity index is 1.03. The highest BCUT2D eigenvalue weighted by molar-refractivity contribution is 6.03. The maximum atomic E-state index is 2.49. The van der Waals surface area contributed by atoms with Crippen molar-refractivity contribution in [3.05, 3.63) is 224 Å². The molecule has 11 rings (SSSR count). The van der Waals surface area contributed by atoms with E-state index in [-0.39, 0.29) is 0 Å². The molecule has 0 atom stereocenters. The first-order valence-corrected chi connectivity index (χ1v) is 21.2. The lowest BCUT2D eigenvalue weighted by Gasteiger charge is -2.27. The number of allylic oxidation sites excluding steroid dienone is 5. The summed E-state index contributed by atoms with van der Waals surface area (Å²) in [5, 5.41) is 3.86. The molecule has 0 bridgehead atoms. The van der Waals surface area contributed by atoms with E-state index in [1.54, 1.807) is 0 Å². The van der Waals surface area contributed by atoms with E-state index < -0.39 is 0 Å². The van der Waals surface area contributed by atoms with Crippen LogP contribution in [0.1, 0.15) is 30.5 Å². The average molecular weight is 769 g/mol. The predicted octanol–water partition coefficient (Wildman–Crippen LogP) is 16.1. The van der Waals surface area contributed by atoms with Crippen molar-refractivity contribution in [3.8, 4) is 44.5 Å². The van der Waals surface area contributed by atoms with Crippen LogP contribution in [-0.2, 0) is 6.42 Å². The molecule has 0 saturated carbocycles. The Morgan fingerprint density at radius 2 is 1.00 bits per heavy atom. The molecule has 1 heterocycles. The predicted molar refractivity (Wildman–Crippen MR) is 256 cm³/mol. The zero-order valence-electron chi connectivity index (χ0n) is 33.5. The molecule has 8 aromatic carbocycles. The van der Waals surface area contributed by atoms with Crippen LogP contribution in [-0.4, -0.2) is 4.57 Å². The topological polar surface area (TPSA) is 8.17 Å². The zero-order valence-corrected chi connectivity index (χ0v) is 33.5.